The van der Waals surface area contributed by atoms with Crippen LogP contribution in [0.2, 0.25) is 0 Å². The van der Waals surface area contributed by atoms with Crippen molar-refractivity contribution in [1.29, 1.82) is 0 Å². The molecular formula is C17H18N4. The zero-order valence-electron chi connectivity index (χ0n) is 12.1. The minimum atomic E-state index is 0.687. The fourth-order valence-corrected chi connectivity index (χ4v) is 2.46. The van der Waals surface area contributed by atoms with Crippen molar-refractivity contribution >= 4 is 11.4 Å². The quantitative estimate of drug-likeness (QED) is 0.893. The maximum atomic E-state index is 4.45. The third-order valence-electron chi connectivity index (χ3n) is 3.56. The van der Waals surface area contributed by atoms with Crippen LogP contribution in [-0.2, 0) is 6.42 Å². The van der Waals surface area contributed by atoms with E-state index < -0.39 is 0 Å². The number of aromatic nitrogens is 1. The molecule has 0 saturated carbocycles. The van der Waals surface area contributed by atoms with Crippen molar-refractivity contribution in [1.82, 2.24) is 10.4 Å². The van der Waals surface area contributed by atoms with Gasteiger partial charge in [-0.05, 0) is 18.6 Å². The number of pyridine rings is 1. The highest BCUT2D eigenvalue weighted by atomic mass is 15.3. The lowest BCUT2D eigenvalue weighted by molar-refractivity contribution is 0.876. The SMILES string of the molecule is C=C1NN=C(Cc2cc(NC)ccn2)C2=CC=CCC=C12. The number of hydrogen-bond acceptors (Lipinski definition) is 4. The van der Waals surface area contributed by atoms with Crippen molar-refractivity contribution in [3.05, 3.63) is 71.7 Å². The topological polar surface area (TPSA) is 49.3 Å². The summed E-state index contributed by atoms with van der Waals surface area (Å²) < 4.78 is 0. The zero-order valence-corrected chi connectivity index (χ0v) is 12.1. The molecule has 2 heterocycles. The molecule has 2 N–H and O–H groups in total. The Morgan fingerprint density at radius 1 is 1.38 bits per heavy atom. The second-order valence-corrected chi connectivity index (χ2v) is 4.97. The first kappa shape index (κ1) is 13.4. The minimum absolute atomic E-state index is 0.687. The van der Waals surface area contributed by atoms with E-state index in [1.165, 1.54) is 0 Å². The lowest BCUT2D eigenvalue weighted by Crippen LogP contribution is -2.23. The van der Waals surface area contributed by atoms with Gasteiger partial charge in [0.2, 0.25) is 0 Å². The summed E-state index contributed by atoms with van der Waals surface area (Å²) in [6.07, 6.45) is 11.9. The van der Waals surface area contributed by atoms with Crippen LogP contribution in [0.25, 0.3) is 0 Å². The number of nitrogens with zero attached hydrogens (tertiary/aromatic N) is 2. The van der Waals surface area contributed by atoms with Crippen LogP contribution in [-0.4, -0.2) is 17.7 Å². The molecule has 0 saturated heterocycles. The third-order valence-corrected chi connectivity index (χ3v) is 3.56. The zero-order chi connectivity index (χ0) is 14.7. The van der Waals surface area contributed by atoms with Gasteiger partial charge in [0.1, 0.15) is 0 Å². The van der Waals surface area contributed by atoms with E-state index in [9.17, 15) is 0 Å². The van der Waals surface area contributed by atoms with Gasteiger partial charge in [0.05, 0.1) is 11.4 Å². The average Bonchev–Trinajstić information content (AvgIpc) is 2.77. The Balaban J connectivity index is 1.92. The van der Waals surface area contributed by atoms with Gasteiger partial charge in [-0.15, -0.1) is 0 Å². The van der Waals surface area contributed by atoms with Gasteiger partial charge < -0.3 is 5.32 Å². The predicted molar refractivity (Wildman–Crippen MR) is 87.1 cm³/mol. The Kier molecular flexibility index (Phi) is 3.69. The number of allylic oxidation sites excluding steroid dienone is 5. The van der Waals surface area contributed by atoms with Gasteiger partial charge in [-0.3, -0.25) is 10.4 Å². The van der Waals surface area contributed by atoms with Gasteiger partial charge in [0.15, 0.2) is 0 Å². The van der Waals surface area contributed by atoms with Crippen LogP contribution in [0, 0.1) is 0 Å². The highest BCUT2D eigenvalue weighted by Gasteiger charge is 2.20. The molecule has 2 aliphatic rings. The molecule has 0 unspecified atom stereocenters. The van der Waals surface area contributed by atoms with Crippen molar-refractivity contribution in [2.24, 2.45) is 5.10 Å². The van der Waals surface area contributed by atoms with E-state index >= 15 is 0 Å². The Morgan fingerprint density at radius 3 is 3.14 bits per heavy atom. The normalized spacial score (nSPS) is 17.0. The molecule has 1 aliphatic carbocycles. The monoisotopic (exact) mass is 278 g/mol. The Labute approximate surface area is 124 Å². The van der Waals surface area contributed by atoms with Crippen molar-refractivity contribution in [2.75, 3.05) is 12.4 Å². The van der Waals surface area contributed by atoms with Crippen molar-refractivity contribution in [3.8, 4) is 0 Å². The van der Waals surface area contributed by atoms with Crippen LogP contribution in [0.1, 0.15) is 12.1 Å². The number of anilines is 1. The van der Waals surface area contributed by atoms with Crippen LogP contribution in [0.3, 0.4) is 0 Å². The molecule has 0 radical (unpaired) electrons. The number of rotatable bonds is 3. The molecule has 0 spiro atoms. The highest BCUT2D eigenvalue weighted by molar-refractivity contribution is 6.07. The fraction of sp³-hybridized carbons (Fsp3) is 0.176. The Bertz CT molecular complexity index is 692. The molecule has 21 heavy (non-hydrogen) atoms. The second kappa shape index (κ2) is 5.79. The summed E-state index contributed by atoms with van der Waals surface area (Å²) in [7, 11) is 1.91. The molecule has 1 aromatic heterocycles. The van der Waals surface area contributed by atoms with E-state index in [1.807, 2.05) is 25.4 Å². The molecule has 106 valence electrons. The van der Waals surface area contributed by atoms with E-state index in [-0.39, 0.29) is 0 Å². The molecule has 0 aromatic carbocycles. The first-order chi connectivity index (χ1) is 10.3. The third kappa shape index (κ3) is 2.79. The lowest BCUT2D eigenvalue weighted by atomic mass is 9.94. The summed E-state index contributed by atoms with van der Waals surface area (Å²) in [5.74, 6) is 0. The van der Waals surface area contributed by atoms with E-state index in [1.54, 1.807) is 0 Å². The maximum Gasteiger partial charge on any atom is 0.0745 e. The van der Waals surface area contributed by atoms with Crippen LogP contribution in [0.4, 0.5) is 5.69 Å². The summed E-state index contributed by atoms with van der Waals surface area (Å²) in [6, 6.07) is 3.99. The van der Waals surface area contributed by atoms with Crippen molar-refractivity contribution < 1.29 is 0 Å². The molecule has 0 fully saturated rings. The van der Waals surface area contributed by atoms with Gasteiger partial charge in [-0.1, -0.05) is 30.9 Å². The molecule has 4 heteroatoms. The van der Waals surface area contributed by atoms with Crippen molar-refractivity contribution in [2.45, 2.75) is 12.8 Å². The minimum Gasteiger partial charge on any atom is -0.388 e. The Hall–Kier alpha value is -2.62. The predicted octanol–water partition coefficient (Wildman–Crippen LogP) is 2.95. The number of nitrogens with one attached hydrogen (secondary N) is 2. The van der Waals surface area contributed by atoms with Crippen LogP contribution in [0.15, 0.2) is 71.2 Å². The number of fused-ring (bicyclic) bond motifs is 1. The van der Waals surface area contributed by atoms with Gasteiger partial charge in [0.25, 0.3) is 0 Å². The van der Waals surface area contributed by atoms with E-state index in [4.69, 9.17) is 0 Å². The van der Waals surface area contributed by atoms with Crippen molar-refractivity contribution in [3.63, 3.8) is 0 Å². The summed E-state index contributed by atoms with van der Waals surface area (Å²) in [6.45, 7) is 4.03. The average molecular weight is 278 g/mol. The molecule has 1 aromatic rings. The van der Waals surface area contributed by atoms with E-state index in [0.29, 0.717) is 6.42 Å². The van der Waals surface area contributed by atoms with Crippen LogP contribution < -0.4 is 10.7 Å². The Morgan fingerprint density at radius 2 is 2.29 bits per heavy atom. The highest BCUT2D eigenvalue weighted by Crippen LogP contribution is 2.26. The first-order valence-corrected chi connectivity index (χ1v) is 7.00. The molecular weight excluding hydrogens is 260 g/mol. The lowest BCUT2D eigenvalue weighted by Gasteiger charge is -2.21. The van der Waals surface area contributed by atoms with Gasteiger partial charge in [-0.25, -0.2) is 0 Å². The molecule has 0 amide bonds. The summed E-state index contributed by atoms with van der Waals surface area (Å²) in [5, 5.41) is 7.58. The molecule has 0 atom stereocenters. The molecule has 4 nitrogen and oxygen atoms in total. The standard InChI is InChI=1S/C17H18N4/c1-12-15-6-4-3-5-7-16(15)17(21-20-12)11-14-10-13(18-2)8-9-19-14/h3,5-10,20H,1,4,11H2,2H3,(H,18,19). The van der Waals surface area contributed by atoms with Crippen LogP contribution in [0.5, 0.6) is 0 Å². The molecule has 3 rings (SSSR count). The van der Waals surface area contributed by atoms with Gasteiger partial charge in [-0.2, -0.15) is 5.10 Å². The van der Waals surface area contributed by atoms with Gasteiger partial charge in [0, 0.05) is 42.2 Å². The number of hydrogen-bond donors (Lipinski definition) is 2. The van der Waals surface area contributed by atoms with E-state index in [2.05, 4.69) is 51.7 Å². The molecule has 1 aliphatic heterocycles. The summed E-state index contributed by atoms with van der Waals surface area (Å²) in [5.41, 5.74) is 9.17. The number of hydrazone groups is 1. The second-order valence-electron chi connectivity index (χ2n) is 4.97. The van der Waals surface area contributed by atoms with Gasteiger partial charge >= 0.3 is 0 Å². The smallest absolute Gasteiger partial charge is 0.0745 e. The summed E-state index contributed by atoms with van der Waals surface area (Å²) >= 11 is 0. The van der Waals surface area contributed by atoms with Crippen LogP contribution >= 0.6 is 0 Å². The fourth-order valence-electron chi connectivity index (χ4n) is 2.46. The summed E-state index contributed by atoms with van der Waals surface area (Å²) in [4.78, 5) is 4.43. The largest absolute Gasteiger partial charge is 0.388 e. The molecule has 0 bridgehead atoms. The first-order valence-electron chi connectivity index (χ1n) is 7.00. The maximum absolute atomic E-state index is 4.45. The van der Waals surface area contributed by atoms with E-state index in [0.717, 1.165) is 40.4 Å².